The fraction of sp³-hybridized carbons (Fsp3) is 0.583. The zero-order valence-electron chi connectivity index (χ0n) is 10.9. The molecule has 1 aliphatic heterocycles. The standard InChI is InChI=1S/C12H17ClN4O2/c1-7-3-4-8(11(18)19)6-17(7)10-5-9(13)15-12(14-2)16-10/h5,7-8H,3-4,6H2,1-2H3,(H,18,19)(H,14,15,16). The number of nitrogens with one attached hydrogen (secondary N) is 1. The van der Waals surface area contributed by atoms with Crippen molar-refractivity contribution in [2.24, 2.45) is 5.92 Å². The highest BCUT2D eigenvalue weighted by Crippen LogP contribution is 2.28. The summed E-state index contributed by atoms with van der Waals surface area (Å²) in [6.07, 6.45) is 1.53. The summed E-state index contributed by atoms with van der Waals surface area (Å²) in [5.41, 5.74) is 0. The van der Waals surface area contributed by atoms with E-state index in [0.717, 1.165) is 6.42 Å². The molecule has 1 saturated heterocycles. The lowest BCUT2D eigenvalue weighted by Crippen LogP contribution is -2.44. The number of anilines is 2. The van der Waals surface area contributed by atoms with Crippen molar-refractivity contribution >= 4 is 29.3 Å². The van der Waals surface area contributed by atoms with Gasteiger partial charge in [-0.2, -0.15) is 4.98 Å². The zero-order chi connectivity index (χ0) is 14.0. The molecule has 1 fully saturated rings. The summed E-state index contributed by atoms with van der Waals surface area (Å²) >= 11 is 5.96. The Hall–Kier alpha value is -1.56. The lowest BCUT2D eigenvalue weighted by atomic mass is 9.93. The van der Waals surface area contributed by atoms with E-state index < -0.39 is 5.97 Å². The van der Waals surface area contributed by atoms with Crippen molar-refractivity contribution in [3.05, 3.63) is 11.2 Å². The van der Waals surface area contributed by atoms with Gasteiger partial charge < -0.3 is 15.3 Å². The lowest BCUT2D eigenvalue weighted by molar-refractivity contribution is -0.142. The quantitative estimate of drug-likeness (QED) is 0.825. The van der Waals surface area contributed by atoms with Gasteiger partial charge in [-0.25, -0.2) is 4.98 Å². The first-order chi connectivity index (χ1) is 9.01. The van der Waals surface area contributed by atoms with Crippen LogP contribution in [0.1, 0.15) is 19.8 Å². The van der Waals surface area contributed by atoms with E-state index in [1.54, 1.807) is 13.1 Å². The fourth-order valence-electron chi connectivity index (χ4n) is 2.29. The van der Waals surface area contributed by atoms with Crippen LogP contribution < -0.4 is 10.2 Å². The van der Waals surface area contributed by atoms with Crippen LogP contribution in [0.15, 0.2) is 6.07 Å². The minimum absolute atomic E-state index is 0.242. The van der Waals surface area contributed by atoms with E-state index in [1.165, 1.54) is 0 Å². The van der Waals surface area contributed by atoms with E-state index in [4.69, 9.17) is 16.7 Å². The highest BCUT2D eigenvalue weighted by molar-refractivity contribution is 6.29. The molecule has 7 heteroatoms. The van der Waals surface area contributed by atoms with Gasteiger partial charge in [-0.05, 0) is 19.8 Å². The van der Waals surface area contributed by atoms with Crippen LogP contribution in [0.2, 0.25) is 5.15 Å². The molecule has 0 radical (unpaired) electrons. The van der Waals surface area contributed by atoms with Crippen molar-refractivity contribution in [1.29, 1.82) is 0 Å². The maximum absolute atomic E-state index is 11.1. The van der Waals surface area contributed by atoms with Gasteiger partial charge in [0, 0.05) is 25.7 Å². The Bertz CT molecular complexity index is 483. The molecule has 2 atom stereocenters. The Morgan fingerprint density at radius 3 is 2.89 bits per heavy atom. The van der Waals surface area contributed by atoms with Crippen LogP contribution in [-0.2, 0) is 4.79 Å². The molecule has 19 heavy (non-hydrogen) atoms. The molecule has 2 heterocycles. The van der Waals surface area contributed by atoms with Crippen LogP contribution in [0.3, 0.4) is 0 Å². The summed E-state index contributed by atoms with van der Waals surface area (Å²) in [6.45, 7) is 2.51. The molecule has 1 aromatic rings. The monoisotopic (exact) mass is 284 g/mol. The van der Waals surface area contributed by atoms with E-state index in [2.05, 4.69) is 22.2 Å². The third-order valence-corrected chi connectivity index (χ3v) is 3.62. The molecule has 1 aromatic heterocycles. The number of aromatic nitrogens is 2. The molecule has 0 aromatic carbocycles. The molecule has 0 saturated carbocycles. The molecule has 104 valence electrons. The van der Waals surface area contributed by atoms with Crippen molar-refractivity contribution in [2.45, 2.75) is 25.8 Å². The Morgan fingerprint density at radius 1 is 1.53 bits per heavy atom. The summed E-state index contributed by atoms with van der Waals surface area (Å²) in [5, 5.41) is 12.3. The first-order valence-corrected chi connectivity index (χ1v) is 6.61. The lowest BCUT2D eigenvalue weighted by Gasteiger charge is -2.37. The molecule has 6 nitrogen and oxygen atoms in total. The van der Waals surface area contributed by atoms with Gasteiger partial charge in [-0.15, -0.1) is 0 Å². The van der Waals surface area contributed by atoms with Gasteiger partial charge in [0.05, 0.1) is 5.92 Å². The number of nitrogens with zero attached hydrogens (tertiary/aromatic N) is 3. The number of halogens is 1. The van der Waals surface area contributed by atoms with Crippen molar-refractivity contribution in [2.75, 3.05) is 23.8 Å². The van der Waals surface area contributed by atoms with Gasteiger partial charge in [-0.1, -0.05) is 11.6 Å². The van der Waals surface area contributed by atoms with Crippen molar-refractivity contribution < 1.29 is 9.90 Å². The molecular weight excluding hydrogens is 268 g/mol. The highest BCUT2D eigenvalue weighted by atomic mass is 35.5. The van der Waals surface area contributed by atoms with E-state index in [-0.39, 0.29) is 12.0 Å². The third kappa shape index (κ3) is 3.07. The number of rotatable bonds is 3. The van der Waals surface area contributed by atoms with Crippen LogP contribution in [0.25, 0.3) is 0 Å². The summed E-state index contributed by atoms with van der Waals surface area (Å²) in [5.74, 6) is -0.0104. The first-order valence-electron chi connectivity index (χ1n) is 6.23. The third-order valence-electron chi connectivity index (χ3n) is 3.43. The number of carboxylic acids is 1. The zero-order valence-corrected chi connectivity index (χ0v) is 11.7. The topological polar surface area (TPSA) is 78.4 Å². The number of hydrogen-bond donors (Lipinski definition) is 2. The average Bonchev–Trinajstić information content (AvgIpc) is 2.38. The minimum Gasteiger partial charge on any atom is -0.481 e. The second-order valence-electron chi connectivity index (χ2n) is 4.74. The van der Waals surface area contributed by atoms with E-state index in [9.17, 15) is 4.79 Å². The molecule has 2 N–H and O–H groups in total. The smallest absolute Gasteiger partial charge is 0.308 e. The summed E-state index contributed by atoms with van der Waals surface area (Å²) in [6, 6.07) is 1.91. The van der Waals surface area contributed by atoms with E-state index >= 15 is 0 Å². The van der Waals surface area contributed by atoms with Gasteiger partial charge in [-0.3, -0.25) is 4.79 Å². The number of carboxylic acid groups (broad SMARTS) is 1. The molecule has 1 aliphatic rings. The predicted octanol–water partition coefficient (Wildman–Crippen LogP) is 1.86. The second kappa shape index (κ2) is 5.61. The van der Waals surface area contributed by atoms with Gasteiger partial charge in [0.2, 0.25) is 5.95 Å². The highest BCUT2D eigenvalue weighted by Gasteiger charge is 2.30. The Kier molecular flexibility index (Phi) is 4.09. The summed E-state index contributed by atoms with van der Waals surface area (Å²) in [4.78, 5) is 21.5. The normalized spacial score (nSPS) is 23.2. The number of piperidine rings is 1. The maximum Gasteiger partial charge on any atom is 0.308 e. The van der Waals surface area contributed by atoms with Gasteiger partial charge in [0.25, 0.3) is 0 Å². The minimum atomic E-state index is -0.758. The molecule has 0 spiro atoms. The summed E-state index contributed by atoms with van der Waals surface area (Å²) < 4.78 is 0. The van der Waals surface area contributed by atoms with Crippen LogP contribution in [0, 0.1) is 5.92 Å². The summed E-state index contributed by atoms with van der Waals surface area (Å²) in [7, 11) is 1.72. The first kappa shape index (κ1) is 13.9. The largest absolute Gasteiger partial charge is 0.481 e. The fourth-order valence-corrected chi connectivity index (χ4v) is 2.47. The Labute approximate surface area is 116 Å². The van der Waals surface area contributed by atoms with E-state index in [1.807, 2.05) is 4.90 Å². The van der Waals surface area contributed by atoms with Crippen molar-refractivity contribution in [3.63, 3.8) is 0 Å². The Balaban J connectivity index is 2.27. The predicted molar refractivity (Wildman–Crippen MR) is 73.8 cm³/mol. The second-order valence-corrected chi connectivity index (χ2v) is 5.12. The van der Waals surface area contributed by atoms with Crippen molar-refractivity contribution in [1.82, 2.24) is 9.97 Å². The van der Waals surface area contributed by atoms with Crippen LogP contribution in [0.4, 0.5) is 11.8 Å². The average molecular weight is 285 g/mol. The van der Waals surface area contributed by atoms with Gasteiger partial charge in [0.1, 0.15) is 11.0 Å². The van der Waals surface area contributed by atoms with Crippen LogP contribution in [-0.4, -0.2) is 40.7 Å². The van der Waals surface area contributed by atoms with Crippen LogP contribution in [0.5, 0.6) is 0 Å². The number of carbonyl (C=O) groups is 1. The van der Waals surface area contributed by atoms with Crippen molar-refractivity contribution in [3.8, 4) is 0 Å². The molecule has 2 unspecified atom stereocenters. The number of aliphatic carboxylic acids is 1. The van der Waals surface area contributed by atoms with Gasteiger partial charge >= 0.3 is 5.97 Å². The molecular formula is C12H17ClN4O2. The maximum atomic E-state index is 11.1. The molecule has 2 rings (SSSR count). The molecule has 0 amide bonds. The number of hydrogen-bond acceptors (Lipinski definition) is 5. The SMILES string of the molecule is CNc1nc(Cl)cc(N2CC(C(=O)O)CCC2C)n1. The van der Waals surface area contributed by atoms with Gasteiger partial charge in [0.15, 0.2) is 0 Å². The van der Waals surface area contributed by atoms with Crippen LogP contribution >= 0.6 is 11.6 Å². The van der Waals surface area contributed by atoms with E-state index in [0.29, 0.717) is 29.9 Å². The Morgan fingerprint density at radius 2 is 2.26 bits per heavy atom. The molecule has 0 bridgehead atoms. The molecule has 0 aliphatic carbocycles.